The molecule has 0 bridgehead atoms. The van der Waals surface area contributed by atoms with Crippen LogP contribution in [0.3, 0.4) is 0 Å². The van der Waals surface area contributed by atoms with Crippen LogP contribution in [0, 0.1) is 45.3 Å². The van der Waals surface area contributed by atoms with Crippen molar-refractivity contribution in [2.45, 2.75) is 0 Å². The van der Waals surface area contributed by atoms with E-state index >= 15 is 0 Å². The van der Waals surface area contributed by atoms with Gasteiger partial charge in [0.1, 0.15) is 0 Å². The van der Waals surface area contributed by atoms with Crippen LogP contribution in [-0.4, -0.2) is 49.4 Å². The molecule has 0 unspecified atom stereocenters. The summed E-state index contributed by atoms with van der Waals surface area (Å²) < 4.78 is 2.15. The minimum atomic E-state index is 0.249. The van der Waals surface area contributed by atoms with E-state index in [0.29, 0.717) is 97.1 Å². The van der Waals surface area contributed by atoms with Crippen molar-refractivity contribution in [3.05, 3.63) is 289 Å². The maximum Gasteiger partial charge on any atom is 0.164 e. The fraction of sp³-hybridized carbons (Fsp3) is 0. The third kappa shape index (κ3) is 10.9. The fourth-order valence-corrected chi connectivity index (χ4v) is 11.6. The molecule has 11 aromatic carbocycles. The summed E-state index contributed by atoms with van der Waals surface area (Å²) in [6.07, 6.45) is 0. The van der Waals surface area contributed by atoms with Crippen molar-refractivity contribution >= 4 is 21.8 Å². The average molecular weight is 1190 g/mol. The largest absolute Gasteiger partial charge is 0.308 e. The molecule has 0 fully saturated rings. The summed E-state index contributed by atoms with van der Waals surface area (Å²) in [6, 6.07) is 94.1. The number of hydrogen-bond donors (Lipinski definition) is 0. The average Bonchev–Trinajstić information content (AvgIpc) is 1.61. The van der Waals surface area contributed by atoms with E-state index in [-0.39, 0.29) is 22.3 Å². The first-order chi connectivity index (χ1) is 45.8. The predicted molar refractivity (Wildman–Crippen MR) is 360 cm³/mol. The van der Waals surface area contributed by atoms with Gasteiger partial charge in [-0.15, -0.1) is 0 Å². The number of rotatable bonds is 12. The molecule has 15 rings (SSSR count). The molecule has 14 nitrogen and oxygen atoms in total. The van der Waals surface area contributed by atoms with Gasteiger partial charge in [0.25, 0.3) is 0 Å². The molecular weight excluding hydrogens is 1140 g/mol. The van der Waals surface area contributed by atoms with E-state index in [2.05, 4.69) is 41.0 Å². The van der Waals surface area contributed by atoms with Crippen LogP contribution in [0.5, 0.6) is 0 Å². The minimum absolute atomic E-state index is 0.249. The van der Waals surface area contributed by atoms with Crippen LogP contribution in [0.4, 0.5) is 0 Å². The van der Waals surface area contributed by atoms with Gasteiger partial charge in [0.05, 0.1) is 63.3 Å². The van der Waals surface area contributed by atoms with E-state index < -0.39 is 0 Å². The van der Waals surface area contributed by atoms with Gasteiger partial charge in [-0.1, -0.05) is 182 Å². The highest BCUT2D eigenvalue weighted by Crippen LogP contribution is 2.46. The molecule has 93 heavy (non-hydrogen) atoms. The Labute approximate surface area is 533 Å². The van der Waals surface area contributed by atoms with Gasteiger partial charge in [0.2, 0.25) is 0 Å². The summed E-state index contributed by atoms with van der Waals surface area (Å²) in [5, 5.41) is 44.4. The van der Waals surface area contributed by atoms with Crippen LogP contribution in [0.15, 0.2) is 267 Å². The van der Waals surface area contributed by atoms with Crippen molar-refractivity contribution in [1.29, 1.82) is 21.0 Å². The van der Waals surface area contributed by atoms with E-state index in [0.717, 1.165) is 55.2 Å². The Hall–Kier alpha value is -13.8. The van der Waals surface area contributed by atoms with Crippen LogP contribution in [0.1, 0.15) is 22.3 Å². The summed E-state index contributed by atoms with van der Waals surface area (Å²) in [7, 11) is 0. The lowest BCUT2D eigenvalue weighted by Gasteiger charge is -2.21. The summed E-state index contributed by atoms with van der Waals surface area (Å²) >= 11 is 0. The molecule has 0 aliphatic carbocycles. The SMILES string of the molecule is N#Cc1cc(C#N)cc(-c2cc(-c3nc(-c4ccccc4)nc(-c4ccccc4)n3)cc(-c3cc(C#N)cc(C#N)c3)c2-n2c3ccc(-c4nc(-c5ccccc5)nc(-c5ccccc5)n4)cc3c3cc(-c4nc(-c5ccccc5)nc(-c5ccccc5)n4)ccc32)c1. The van der Waals surface area contributed by atoms with Crippen molar-refractivity contribution in [3.8, 4) is 155 Å². The van der Waals surface area contributed by atoms with E-state index in [1.54, 1.807) is 36.4 Å². The lowest BCUT2D eigenvalue weighted by atomic mass is 9.90. The number of benzene rings is 11. The van der Waals surface area contributed by atoms with Gasteiger partial charge in [-0.25, -0.2) is 44.9 Å². The normalized spacial score (nSPS) is 11.0. The Balaban J connectivity index is 1.07. The molecule has 15 aromatic rings. The van der Waals surface area contributed by atoms with E-state index in [9.17, 15) is 21.0 Å². The van der Waals surface area contributed by atoms with Crippen molar-refractivity contribution in [3.63, 3.8) is 0 Å². The molecule has 0 atom stereocenters. The predicted octanol–water partition coefficient (Wildman–Crippen LogP) is 17.2. The van der Waals surface area contributed by atoms with Crippen LogP contribution < -0.4 is 0 Å². The second kappa shape index (κ2) is 24.1. The van der Waals surface area contributed by atoms with Crippen LogP contribution in [0.25, 0.3) is 152 Å². The van der Waals surface area contributed by atoms with E-state index in [1.165, 1.54) is 0 Å². The van der Waals surface area contributed by atoms with Crippen LogP contribution in [0.2, 0.25) is 0 Å². The maximum atomic E-state index is 10.7. The monoisotopic (exact) mass is 1190 g/mol. The number of nitrogens with zero attached hydrogens (tertiary/aromatic N) is 14. The van der Waals surface area contributed by atoms with Gasteiger partial charge in [-0.2, -0.15) is 21.0 Å². The second-order valence-corrected chi connectivity index (χ2v) is 21.9. The lowest BCUT2D eigenvalue weighted by molar-refractivity contribution is 1.07. The van der Waals surface area contributed by atoms with Crippen molar-refractivity contribution in [1.82, 2.24) is 49.4 Å². The van der Waals surface area contributed by atoms with E-state index in [1.807, 2.05) is 218 Å². The molecule has 4 aromatic heterocycles. The number of hydrogen-bond acceptors (Lipinski definition) is 13. The molecule has 0 saturated heterocycles. The van der Waals surface area contributed by atoms with Crippen molar-refractivity contribution < 1.29 is 0 Å². The molecule has 0 aliphatic rings. The zero-order valence-corrected chi connectivity index (χ0v) is 49.2. The van der Waals surface area contributed by atoms with Gasteiger partial charge in [-0.05, 0) is 96.1 Å². The van der Waals surface area contributed by atoms with Gasteiger partial charge in [0.15, 0.2) is 52.4 Å². The first-order valence-electron chi connectivity index (χ1n) is 29.6. The Morgan fingerprint density at radius 1 is 0.215 bits per heavy atom. The highest BCUT2D eigenvalue weighted by Gasteiger charge is 2.26. The lowest BCUT2D eigenvalue weighted by Crippen LogP contribution is -2.05. The Bertz CT molecular complexity index is 5080. The summed E-state index contributed by atoms with van der Waals surface area (Å²) in [4.78, 5) is 46.2. The highest BCUT2D eigenvalue weighted by atomic mass is 15.1. The molecule has 14 heteroatoms. The highest BCUT2D eigenvalue weighted by molar-refractivity contribution is 6.13. The van der Waals surface area contributed by atoms with Gasteiger partial charge in [0, 0.05) is 72.0 Å². The third-order valence-corrected chi connectivity index (χ3v) is 16.0. The van der Waals surface area contributed by atoms with Gasteiger partial charge in [-0.3, -0.25) is 0 Å². The number of fused-ring (bicyclic) bond motifs is 3. The molecule has 0 saturated carbocycles. The first-order valence-corrected chi connectivity index (χ1v) is 29.6. The smallest absolute Gasteiger partial charge is 0.164 e. The molecule has 0 aliphatic heterocycles. The topological polar surface area (TPSA) is 216 Å². The molecule has 0 amide bonds. The zero-order valence-electron chi connectivity index (χ0n) is 49.2. The molecule has 4 heterocycles. The second-order valence-electron chi connectivity index (χ2n) is 21.9. The zero-order chi connectivity index (χ0) is 62.8. The third-order valence-electron chi connectivity index (χ3n) is 16.0. The standard InChI is InChI=1S/C79H44N14/c80-45-49-35-50(46-81)38-61(37-49)64-43-63(79-91-75(57-27-15-5-16-28-57)86-76(92-79)58-29-17-6-18-30-58)44-65(62-39-51(47-82)36-52(40-62)48-83)70(64)93-68-33-31-59(77-87-71(53-19-7-1-8-20-53)84-72(88-77)54-21-9-2-10-22-54)41-66(68)67-42-60(32-34-69(67)93)78-89-73(55-23-11-3-12-24-55)85-74(90-78)56-25-13-4-14-26-56/h1-44H. The molecule has 0 radical (unpaired) electrons. The summed E-state index contributed by atoms with van der Waals surface area (Å²) in [5.74, 6) is 4.00. The van der Waals surface area contributed by atoms with Gasteiger partial charge < -0.3 is 4.57 Å². The summed E-state index contributed by atoms with van der Waals surface area (Å²) in [6.45, 7) is 0. The van der Waals surface area contributed by atoms with Crippen molar-refractivity contribution in [2.24, 2.45) is 0 Å². The van der Waals surface area contributed by atoms with E-state index in [4.69, 9.17) is 44.9 Å². The quantitative estimate of drug-likeness (QED) is 0.111. The summed E-state index contributed by atoms with van der Waals surface area (Å²) in [5.41, 5.74) is 11.9. The molecule has 0 N–H and O–H groups in total. The minimum Gasteiger partial charge on any atom is -0.308 e. The molecule has 430 valence electrons. The fourth-order valence-electron chi connectivity index (χ4n) is 11.6. The van der Waals surface area contributed by atoms with Crippen LogP contribution in [-0.2, 0) is 0 Å². The molecule has 0 spiro atoms. The Kier molecular flexibility index (Phi) is 14.4. The van der Waals surface area contributed by atoms with Crippen molar-refractivity contribution in [2.75, 3.05) is 0 Å². The maximum absolute atomic E-state index is 10.7. The van der Waals surface area contributed by atoms with Crippen LogP contribution >= 0.6 is 0 Å². The first kappa shape index (κ1) is 55.8. The molecular formula is C79H44N14. The van der Waals surface area contributed by atoms with Gasteiger partial charge >= 0.3 is 0 Å². The number of aromatic nitrogens is 10. The Morgan fingerprint density at radius 3 is 0.699 bits per heavy atom. The number of nitriles is 4. The Morgan fingerprint density at radius 2 is 0.452 bits per heavy atom.